The van der Waals surface area contributed by atoms with Gasteiger partial charge < -0.3 is 10.3 Å². The van der Waals surface area contributed by atoms with Gasteiger partial charge in [0.15, 0.2) is 0 Å². The molecule has 0 saturated carbocycles. The lowest BCUT2D eigenvalue weighted by Gasteiger charge is -2.12. The molecule has 2 N–H and O–H groups in total. The Balaban J connectivity index is 2.34. The van der Waals surface area contributed by atoms with Gasteiger partial charge in [0.25, 0.3) is 0 Å². The predicted molar refractivity (Wildman–Crippen MR) is 58.9 cm³/mol. The van der Waals surface area contributed by atoms with Gasteiger partial charge in [0.05, 0.1) is 5.69 Å². The highest BCUT2D eigenvalue weighted by Gasteiger charge is 2.18. The molecule has 2 rings (SSSR count). The van der Waals surface area contributed by atoms with Crippen molar-refractivity contribution in [3.63, 3.8) is 0 Å². The summed E-state index contributed by atoms with van der Waals surface area (Å²) in [5.74, 6) is 0.299. The molecule has 2 heterocycles. The molecule has 4 heteroatoms. The van der Waals surface area contributed by atoms with Crippen LogP contribution in [-0.2, 0) is 0 Å². The first-order chi connectivity index (χ1) is 7.16. The van der Waals surface area contributed by atoms with E-state index in [-0.39, 0.29) is 5.69 Å². The molecule has 0 amide bonds. The fourth-order valence-corrected chi connectivity index (χ4v) is 1.93. The molecule has 82 valence electrons. The van der Waals surface area contributed by atoms with E-state index in [0.717, 1.165) is 24.4 Å². The standard InChI is InChI=1S/C11H17N3O/c1-7(2)9-6-10(14-11(15)13-9)8-4-3-5-12-8/h6-8,12H,3-5H2,1-2H3,(H,13,14,15). The number of nitrogens with zero attached hydrogens (tertiary/aromatic N) is 1. The first kappa shape index (κ1) is 10.4. The zero-order chi connectivity index (χ0) is 10.8. The van der Waals surface area contributed by atoms with Gasteiger partial charge in [0, 0.05) is 11.7 Å². The monoisotopic (exact) mass is 207 g/mol. The third kappa shape index (κ3) is 2.26. The lowest BCUT2D eigenvalue weighted by atomic mass is 10.1. The summed E-state index contributed by atoms with van der Waals surface area (Å²) in [6, 6.07) is 2.31. The third-order valence-electron chi connectivity index (χ3n) is 2.81. The van der Waals surface area contributed by atoms with Gasteiger partial charge in [-0.3, -0.25) is 0 Å². The maximum absolute atomic E-state index is 11.4. The highest BCUT2D eigenvalue weighted by Crippen LogP contribution is 2.22. The van der Waals surface area contributed by atoms with E-state index in [0.29, 0.717) is 12.0 Å². The van der Waals surface area contributed by atoms with Crippen LogP contribution < -0.4 is 11.0 Å². The van der Waals surface area contributed by atoms with Crippen LogP contribution in [0.25, 0.3) is 0 Å². The number of hydrogen-bond donors (Lipinski definition) is 2. The molecule has 0 radical (unpaired) electrons. The van der Waals surface area contributed by atoms with Crippen LogP contribution in [0.1, 0.15) is 50.0 Å². The second kappa shape index (κ2) is 4.14. The molecule has 0 spiro atoms. The summed E-state index contributed by atoms with van der Waals surface area (Å²) in [6.07, 6.45) is 2.27. The summed E-state index contributed by atoms with van der Waals surface area (Å²) in [5.41, 5.74) is 1.63. The van der Waals surface area contributed by atoms with Crippen molar-refractivity contribution in [1.82, 2.24) is 15.3 Å². The minimum absolute atomic E-state index is 0.232. The van der Waals surface area contributed by atoms with E-state index in [2.05, 4.69) is 15.3 Å². The average molecular weight is 207 g/mol. The van der Waals surface area contributed by atoms with Crippen molar-refractivity contribution in [3.05, 3.63) is 27.9 Å². The Hall–Kier alpha value is -1.16. The topological polar surface area (TPSA) is 57.8 Å². The van der Waals surface area contributed by atoms with Crippen molar-refractivity contribution in [2.45, 2.75) is 38.6 Å². The summed E-state index contributed by atoms with van der Waals surface area (Å²) < 4.78 is 0. The average Bonchev–Trinajstić information content (AvgIpc) is 2.69. The van der Waals surface area contributed by atoms with Crippen LogP contribution in [0.3, 0.4) is 0 Å². The van der Waals surface area contributed by atoms with E-state index in [4.69, 9.17) is 0 Å². The van der Waals surface area contributed by atoms with Crippen molar-refractivity contribution in [2.75, 3.05) is 6.54 Å². The molecule has 1 aliphatic rings. The molecular weight excluding hydrogens is 190 g/mol. The van der Waals surface area contributed by atoms with Gasteiger partial charge in [-0.15, -0.1) is 0 Å². The molecule has 1 aliphatic heterocycles. The highest BCUT2D eigenvalue weighted by atomic mass is 16.1. The highest BCUT2D eigenvalue weighted by molar-refractivity contribution is 5.15. The van der Waals surface area contributed by atoms with Crippen LogP contribution in [0.2, 0.25) is 0 Å². The van der Waals surface area contributed by atoms with Crippen LogP contribution in [0, 0.1) is 0 Å². The van der Waals surface area contributed by atoms with E-state index in [9.17, 15) is 4.79 Å². The van der Waals surface area contributed by atoms with Crippen molar-refractivity contribution in [3.8, 4) is 0 Å². The van der Waals surface area contributed by atoms with Gasteiger partial charge >= 0.3 is 5.69 Å². The maximum atomic E-state index is 11.4. The lowest BCUT2D eigenvalue weighted by Crippen LogP contribution is -2.21. The zero-order valence-corrected chi connectivity index (χ0v) is 9.21. The molecule has 1 aromatic rings. The number of H-pyrrole nitrogens is 1. The third-order valence-corrected chi connectivity index (χ3v) is 2.81. The van der Waals surface area contributed by atoms with E-state index in [1.54, 1.807) is 0 Å². The Bertz CT molecular complexity index is 391. The predicted octanol–water partition coefficient (Wildman–Crippen LogP) is 1.32. The molecule has 1 saturated heterocycles. The van der Waals surface area contributed by atoms with Gasteiger partial charge in [-0.1, -0.05) is 13.8 Å². The van der Waals surface area contributed by atoms with Crippen LogP contribution in [0.15, 0.2) is 10.9 Å². The Morgan fingerprint density at radius 1 is 1.53 bits per heavy atom. The fourth-order valence-electron chi connectivity index (χ4n) is 1.93. The molecule has 15 heavy (non-hydrogen) atoms. The van der Waals surface area contributed by atoms with Gasteiger partial charge in [0.2, 0.25) is 0 Å². The van der Waals surface area contributed by atoms with E-state index in [1.807, 2.05) is 19.9 Å². The molecule has 1 aromatic heterocycles. The minimum atomic E-state index is -0.232. The number of aromatic amines is 1. The number of rotatable bonds is 2. The fraction of sp³-hybridized carbons (Fsp3) is 0.636. The summed E-state index contributed by atoms with van der Waals surface area (Å²) in [7, 11) is 0. The largest absolute Gasteiger partial charge is 0.345 e. The number of nitrogens with one attached hydrogen (secondary N) is 2. The summed E-state index contributed by atoms with van der Waals surface area (Å²) >= 11 is 0. The molecule has 0 bridgehead atoms. The van der Waals surface area contributed by atoms with Crippen molar-refractivity contribution < 1.29 is 0 Å². The quantitative estimate of drug-likeness (QED) is 0.769. The SMILES string of the molecule is CC(C)c1cc(C2CCCN2)[nH]c(=O)n1. The normalized spacial score (nSPS) is 21.1. The van der Waals surface area contributed by atoms with Gasteiger partial charge in [-0.05, 0) is 31.4 Å². The Morgan fingerprint density at radius 2 is 2.33 bits per heavy atom. The Morgan fingerprint density at radius 3 is 2.93 bits per heavy atom. The Kier molecular flexibility index (Phi) is 2.86. The van der Waals surface area contributed by atoms with Gasteiger partial charge in [-0.2, -0.15) is 4.98 Å². The molecule has 0 aromatic carbocycles. The summed E-state index contributed by atoms with van der Waals surface area (Å²) in [5, 5.41) is 3.37. The number of hydrogen-bond acceptors (Lipinski definition) is 3. The number of aromatic nitrogens is 2. The first-order valence-corrected chi connectivity index (χ1v) is 5.51. The summed E-state index contributed by atoms with van der Waals surface area (Å²) in [6.45, 7) is 5.13. The van der Waals surface area contributed by atoms with Crippen LogP contribution >= 0.6 is 0 Å². The molecule has 4 nitrogen and oxygen atoms in total. The second-order valence-electron chi connectivity index (χ2n) is 4.37. The van der Waals surface area contributed by atoms with E-state index < -0.39 is 0 Å². The molecule has 1 fully saturated rings. The second-order valence-corrected chi connectivity index (χ2v) is 4.37. The molecular formula is C11H17N3O. The van der Waals surface area contributed by atoms with Crippen molar-refractivity contribution >= 4 is 0 Å². The molecule has 1 atom stereocenters. The van der Waals surface area contributed by atoms with Crippen molar-refractivity contribution in [2.24, 2.45) is 0 Å². The van der Waals surface area contributed by atoms with Crippen LogP contribution in [0.5, 0.6) is 0 Å². The Labute approximate surface area is 89.1 Å². The van der Waals surface area contributed by atoms with Crippen LogP contribution in [0.4, 0.5) is 0 Å². The van der Waals surface area contributed by atoms with E-state index >= 15 is 0 Å². The zero-order valence-electron chi connectivity index (χ0n) is 9.21. The summed E-state index contributed by atoms with van der Waals surface area (Å²) in [4.78, 5) is 18.2. The molecule has 1 unspecified atom stereocenters. The van der Waals surface area contributed by atoms with Gasteiger partial charge in [0.1, 0.15) is 0 Å². The first-order valence-electron chi connectivity index (χ1n) is 5.51. The molecule has 0 aliphatic carbocycles. The minimum Gasteiger partial charge on any atom is -0.309 e. The van der Waals surface area contributed by atoms with E-state index in [1.165, 1.54) is 6.42 Å². The maximum Gasteiger partial charge on any atom is 0.345 e. The van der Waals surface area contributed by atoms with Gasteiger partial charge in [-0.25, -0.2) is 4.79 Å². The lowest BCUT2D eigenvalue weighted by molar-refractivity contribution is 0.616. The van der Waals surface area contributed by atoms with Crippen molar-refractivity contribution in [1.29, 1.82) is 0 Å². The smallest absolute Gasteiger partial charge is 0.309 e. The van der Waals surface area contributed by atoms with Crippen LogP contribution in [-0.4, -0.2) is 16.5 Å².